The molecule has 64 valence electrons. The van der Waals surface area contributed by atoms with Crippen molar-refractivity contribution in [2.24, 2.45) is 0 Å². The molecule has 0 fully saturated rings. The molecule has 2 rings (SSSR count). The quantitative estimate of drug-likeness (QED) is 0.601. The Kier molecular flexibility index (Phi) is 1.46. The van der Waals surface area contributed by atoms with Crippen LogP contribution in [0.2, 0.25) is 0 Å². The highest BCUT2D eigenvalue weighted by Crippen LogP contribution is 2.15. The summed E-state index contributed by atoms with van der Waals surface area (Å²) < 4.78 is 1.51. The zero-order chi connectivity index (χ0) is 9.42. The second-order valence-corrected chi connectivity index (χ2v) is 2.90. The minimum atomic E-state index is 0.554. The van der Waals surface area contributed by atoms with Gasteiger partial charge in [0.15, 0.2) is 5.65 Å². The molecule has 0 spiro atoms. The Bertz CT molecular complexity index is 504. The maximum Gasteiger partial charge on any atom is 0.158 e. The summed E-state index contributed by atoms with van der Waals surface area (Å²) in [7, 11) is 0. The van der Waals surface area contributed by atoms with Crippen molar-refractivity contribution >= 4 is 11.0 Å². The van der Waals surface area contributed by atoms with Crippen LogP contribution < -0.4 is 5.84 Å². The maximum absolute atomic E-state index is 8.65. The molecule has 0 aliphatic heterocycles. The van der Waals surface area contributed by atoms with Crippen LogP contribution in [0.1, 0.15) is 11.3 Å². The predicted octanol–water partition coefficient (Wildman–Crippen LogP) is 0.930. The number of aryl methyl sites for hydroxylation is 1. The number of fused-ring (bicyclic) bond motifs is 1. The molecule has 2 aromatic heterocycles. The number of rotatable bonds is 0. The van der Waals surface area contributed by atoms with E-state index in [4.69, 9.17) is 11.1 Å². The molecular formula is C9H8N4. The first-order valence-corrected chi connectivity index (χ1v) is 3.85. The molecule has 13 heavy (non-hydrogen) atoms. The molecule has 0 saturated heterocycles. The van der Waals surface area contributed by atoms with Crippen molar-refractivity contribution in [2.75, 3.05) is 5.84 Å². The fraction of sp³-hybridized carbons (Fsp3) is 0.111. The van der Waals surface area contributed by atoms with Crippen LogP contribution in [0.25, 0.3) is 11.0 Å². The van der Waals surface area contributed by atoms with E-state index in [1.807, 2.05) is 19.1 Å². The largest absolute Gasteiger partial charge is 0.338 e. The van der Waals surface area contributed by atoms with Crippen molar-refractivity contribution in [1.29, 1.82) is 5.26 Å². The number of nitrogens with zero attached hydrogens (tertiary/aromatic N) is 3. The fourth-order valence-electron chi connectivity index (χ4n) is 1.30. The van der Waals surface area contributed by atoms with Gasteiger partial charge in [0.2, 0.25) is 0 Å². The smallest absolute Gasteiger partial charge is 0.158 e. The number of aromatic nitrogens is 2. The SMILES string of the molecule is Cc1cc2cc(C#N)cnc2n1N. The monoisotopic (exact) mass is 172 g/mol. The summed E-state index contributed by atoms with van der Waals surface area (Å²) in [4.78, 5) is 4.09. The van der Waals surface area contributed by atoms with Crippen LogP contribution >= 0.6 is 0 Å². The van der Waals surface area contributed by atoms with Gasteiger partial charge in [-0.15, -0.1) is 0 Å². The lowest BCUT2D eigenvalue weighted by molar-refractivity contribution is 0.979. The first-order valence-electron chi connectivity index (χ1n) is 3.85. The van der Waals surface area contributed by atoms with Crippen molar-refractivity contribution in [3.63, 3.8) is 0 Å². The first kappa shape index (κ1) is 7.62. The molecule has 0 radical (unpaired) electrons. The third-order valence-electron chi connectivity index (χ3n) is 2.00. The Labute approximate surface area is 75.2 Å². The van der Waals surface area contributed by atoms with Crippen LogP contribution in [0, 0.1) is 18.3 Å². The van der Waals surface area contributed by atoms with Gasteiger partial charge in [-0.05, 0) is 19.1 Å². The Balaban J connectivity index is 2.82. The van der Waals surface area contributed by atoms with E-state index in [9.17, 15) is 0 Å². The number of nitrogens with two attached hydrogens (primary N) is 1. The van der Waals surface area contributed by atoms with Gasteiger partial charge in [-0.3, -0.25) is 0 Å². The van der Waals surface area contributed by atoms with Crippen molar-refractivity contribution in [1.82, 2.24) is 9.66 Å². The molecule has 2 N–H and O–H groups in total. The van der Waals surface area contributed by atoms with E-state index in [2.05, 4.69) is 4.98 Å². The Morgan fingerprint density at radius 2 is 2.31 bits per heavy atom. The summed E-state index contributed by atoms with van der Waals surface area (Å²) in [5, 5.41) is 9.55. The topological polar surface area (TPSA) is 67.6 Å². The maximum atomic E-state index is 8.65. The van der Waals surface area contributed by atoms with E-state index in [0.717, 1.165) is 11.1 Å². The van der Waals surface area contributed by atoms with Crippen LogP contribution in [0.5, 0.6) is 0 Å². The molecular weight excluding hydrogens is 164 g/mol. The van der Waals surface area contributed by atoms with Gasteiger partial charge in [-0.2, -0.15) is 5.26 Å². The number of hydrogen-bond donors (Lipinski definition) is 1. The van der Waals surface area contributed by atoms with Gasteiger partial charge in [0.25, 0.3) is 0 Å². The standard InChI is InChI=1S/C9H8N4/c1-6-2-8-3-7(4-10)5-12-9(8)13(6)11/h2-3,5H,11H2,1H3. The second-order valence-electron chi connectivity index (χ2n) is 2.90. The molecule has 4 nitrogen and oxygen atoms in total. The average molecular weight is 172 g/mol. The molecule has 0 bridgehead atoms. The van der Waals surface area contributed by atoms with Crippen LogP contribution in [0.3, 0.4) is 0 Å². The molecule has 0 saturated carbocycles. The Morgan fingerprint density at radius 3 is 3.00 bits per heavy atom. The molecule has 2 heterocycles. The van der Waals surface area contributed by atoms with Crippen LogP contribution in [-0.2, 0) is 0 Å². The molecule has 2 aromatic rings. The van der Waals surface area contributed by atoms with Crippen molar-refractivity contribution < 1.29 is 0 Å². The molecule has 0 aliphatic rings. The highest BCUT2D eigenvalue weighted by molar-refractivity contribution is 5.78. The highest BCUT2D eigenvalue weighted by Gasteiger charge is 2.04. The third-order valence-corrected chi connectivity index (χ3v) is 2.00. The van der Waals surface area contributed by atoms with E-state index in [1.54, 1.807) is 6.07 Å². The minimum Gasteiger partial charge on any atom is -0.338 e. The van der Waals surface area contributed by atoms with E-state index < -0.39 is 0 Å². The second kappa shape index (κ2) is 2.49. The van der Waals surface area contributed by atoms with Gasteiger partial charge in [0.05, 0.1) is 5.56 Å². The summed E-state index contributed by atoms with van der Waals surface area (Å²) in [6, 6.07) is 5.72. The van der Waals surface area contributed by atoms with E-state index in [-0.39, 0.29) is 0 Å². The molecule has 0 amide bonds. The Hall–Kier alpha value is -2.02. The van der Waals surface area contributed by atoms with Gasteiger partial charge >= 0.3 is 0 Å². The lowest BCUT2D eigenvalue weighted by atomic mass is 10.2. The number of pyridine rings is 1. The lowest BCUT2D eigenvalue weighted by Crippen LogP contribution is -2.09. The highest BCUT2D eigenvalue weighted by atomic mass is 15.3. The minimum absolute atomic E-state index is 0.554. The number of nitriles is 1. The summed E-state index contributed by atoms with van der Waals surface area (Å²) in [5.41, 5.74) is 2.19. The third kappa shape index (κ3) is 1.02. The summed E-state index contributed by atoms with van der Waals surface area (Å²) in [6.45, 7) is 1.90. The Morgan fingerprint density at radius 1 is 1.54 bits per heavy atom. The van der Waals surface area contributed by atoms with E-state index in [0.29, 0.717) is 11.2 Å². The van der Waals surface area contributed by atoms with Gasteiger partial charge in [0, 0.05) is 17.3 Å². The van der Waals surface area contributed by atoms with Crippen molar-refractivity contribution in [2.45, 2.75) is 6.92 Å². The molecule has 0 aliphatic carbocycles. The molecule has 0 unspecified atom stereocenters. The number of nitrogen functional groups attached to an aromatic ring is 1. The lowest BCUT2D eigenvalue weighted by Gasteiger charge is -1.96. The van der Waals surface area contributed by atoms with Gasteiger partial charge in [-0.25, -0.2) is 9.66 Å². The zero-order valence-electron chi connectivity index (χ0n) is 7.15. The van der Waals surface area contributed by atoms with Crippen molar-refractivity contribution in [3.05, 3.63) is 29.6 Å². The molecule has 4 heteroatoms. The summed E-state index contributed by atoms with van der Waals surface area (Å²) in [6.07, 6.45) is 1.52. The van der Waals surface area contributed by atoms with Crippen LogP contribution in [-0.4, -0.2) is 9.66 Å². The summed E-state index contributed by atoms with van der Waals surface area (Å²) in [5.74, 6) is 5.70. The van der Waals surface area contributed by atoms with Crippen LogP contribution in [0.15, 0.2) is 18.3 Å². The van der Waals surface area contributed by atoms with E-state index in [1.165, 1.54) is 10.9 Å². The molecule has 0 atom stereocenters. The average Bonchev–Trinajstić information content (AvgIpc) is 2.42. The zero-order valence-corrected chi connectivity index (χ0v) is 7.15. The van der Waals surface area contributed by atoms with Crippen LogP contribution in [0.4, 0.5) is 0 Å². The van der Waals surface area contributed by atoms with Gasteiger partial charge in [0.1, 0.15) is 6.07 Å². The fourth-order valence-corrected chi connectivity index (χ4v) is 1.30. The predicted molar refractivity (Wildman–Crippen MR) is 49.3 cm³/mol. The van der Waals surface area contributed by atoms with E-state index >= 15 is 0 Å². The molecule has 0 aromatic carbocycles. The van der Waals surface area contributed by atoms with Gasteiger partial charge < -0.3 is 5.84 Å². The van der Waals surface area contributed by atoms with Gasteiger partial charge in [-0.1, -0.05) is 0 Å². The number of hydrogen-bond acceptors (Lipinski definition) is 3. The first-order chi connectivity index (χ1) is 6.22. The van der Waals surface area contributed by atoms with Crippen molar-refractivity contribution in [3.8, 4) is 6.07 Å². The summed E-state index contributed by atoms with van der Waals surface area (Å²) >= 11 is 0. The normalized spacial score (nSPS) is 10.2.